The molecule has 2 N–H and O–H groups in total. The van der Waals surface area contributed by atoms with E-state index in [0.29, 0.717) is 23.6 Å². The van der Waals surface area contributed by atoms with Crippen LogP contribution in [-0.2, 0) is 11.3 Å². The number of aromatic nitrogens is 1. The molecule has 0 spiro atoms. The minimum absolute atomic E-state index is 0.298. The van der Waals surface area contributed by atoms with Crippen molar-refractivity contribution in [2.24, 2.45) is 10.4 Å². The van der Waals surface area contributed by atoms with Crippen molar-refractivity contribution in [2.45, 2.75) is 32.2 Å². The number of hydrogen-bond donors (Lipinski definition) is 2. The van der Waals surface area contributed by atoms with Gasteiger partial charge in [-0.15, -0.1) is 0 Å². The van der Waals surface area contributed by atoms with E-state index in [1.807, 2.05) is 12.1 Å². The lowest BCUT2D eigenvalue weighted by Crippen LogP contribution is -2.46. The number of guanidine groups is 1. The van der Waals surface area contributed by atoms with E-state index in [4.69, 9.17) is 9.47 Å². The van der Waals surface area contributed by atoms with Crippen LogP contribution in [0.25, 0.3) is 0 Å². The fourth-order valence-corrected chi connectivity index (χ4v) is 3.43. The van der Waals surface area contributed by atoms with Crippen molar-refractivity contribution in [3.05, 3.63) is 54.0 Å². The summed E-state index contributed by atoms with van der Waals surface area (Å²) in [6.45, 7) is 2.28. The lowest BCUT2D eigenvalue weighted by Gasteiger charge is -2.42. The van der Waals surface area contributed by atoms with Gasteiger partial charge in [-0.25, -0.2) is 9.37 Å². The van der Waals surface area contributed by atoms with Crippen LogP contribution in [0.3, 0.4) is 0 Å². The zero-order valence-electron chi connectivity index (χ0n) is 17.1. The number of aliphatic imine (C=N–C) groups is 1. The summed E-state index contributed by atoms with van der Waals surface area (Å²) in [5.74, 6) is 1.48. The highest BCUT2D eigenvalue weighted by molar-refractivity contribution is 5.79. The first-order valence-electron chi connectivity index (χ1n) is 9.94. The molecule has 0 unspecified atom stereocenters. The molecular formula is C22H29FN4O2. The Morgan fingerprint density at radius 3 is 2.66 bits per heavy atom. The highest BCUT2D eigenvalue weighted by atomic mass is 19.1. The van der Waals surface area contributed by atoms with Gasteiger partial charge in [0.2, 0.25) is 5.88 Å². The van der Waals surface area contributed by atoms with Gasteiger partial charge in [0.05, 0.1) is 0 Å². The number of benzene rings is 1. The molecule has 3 rings (SSSR count). The predicted octanol–water partition coefficient (Wildman–Crippen LogP) is 3.88. The summed E-state index contributed by atoms with van der Waals surface area (Å²) in [4.78, 5) is 8.54. The Hall–Kier alpha value is -2.67. The first-order chi connectivity index (χ1) is 14.1. The second-order valence-electron chi connectivity index (χ2n) is 7.43. The summed E-state index contributed by atoms with van der Waals surface area (Å²) in [5, 5.41) is 6.79. The molecule has 1 aliphatic carbocycles. The van der Waals surface area contributed by atoms with Crippen LogP contribution in [0.5, 0.6) is 11.6 Å². The monoisotopic (exact) mass is 400 g/mol. The average Bonchev–Trinajstić information content (AvgIpc) is 2.71. The standard InChI is InChI=1S/C22H29FN4O2/c1-24-21(27-16-22(9-3-10-22)11-13-28-2)26-15-17-8-12-25-20(14-17)29-19-6-4-18(23)5-7-19/h4-8,12,14H,3,9-11,13,15-16H2,1-2H3,(H2,24,26,27). The maximum absolute atomic E-state index is 13.0. The molecule has 0 bridgehead atoms. The largest absolute Gasteiger partial charge is 0.439 e. The number of pyridine rings is 1. The van der Waals surface area contributed by atoms with Crippen molar-refractivity contribution < 1.29 is 13.9 Å². The molecule has 1 aromatic heterocycles. The quantitative estimate of drug-likeness (QED) is 0.494. The molecule has 156 valence electrons. The smallest absolute Gasteiger partial charge is 0.219 e. The molecule has 1 fully saturated rings. The first-order valence-corrected chi connectivity index (χ1v) is 9.94. The Morgan fingerprint density at radius 1 is 1.21 bits per heavy atom. The molecule has 0 aliphatic heterocycles. The van der Waals surface area contributed by atoms with Crippen LogP contribution in [-0.4, -0.2) is 38.3 Å². The molecule has 0 radical (unpaired) electrons. The SMILES string of the molecule is CN=C(NCc1ccnc(Oc2ccc(F)cc2)c1)NCC1(CCOC)CCC1. The third kappa shape index (κ3) is 6.15. The van der Waals surface area contributed by atoms with Crippen molar-refractivity contribution in [3.63, 3.8) is 0 Å². The van der Waals surface area contributed by atoms with E-state index in [2.05, 4.69) is 20.6 Å². The summed E-state index contributed by atoms with van der Waals surface area (Å²) < 4.78 is 24.0. The van der Waals surface area contributed by atoms with Crippen molar-refractivity contribution in [3.8, 4) is 11.6 Å². The van der Waals surface area contributed by atoms with Gasteiger partial charge in [-0.3, -0.25) is 4.99 Å². The Bertz CT molecular complexity index is 807. The molecule has 0 atom stereocenters. The first kappa shape index (κ1) is 21.0. The van der Waals surface area contributed by atoms with Crippen LogP contribution < -0.4 is 15.4 Å². The number of halogens is 1. The van der Waals surface area contributed by atoms with Gasteiger partial charge in [0.25, 0.3) is 0 Å². The van der Waals surface area contributed by atoms with E-state index < -0.39 is 0 Å². The predicted molar refractivity (Wildman–Crippen MR) is 112 cm³/mol. The van der Waals surface area contributed by atoms with Crippen LogP contribution in [0, 0.1) is 11.2 Å². The number of nitrogens with zero attached hydrogens (tertiary/aromatic N) is 2. The molecule has 7 heteroatoms. The summed E-state index contributed by atoms with van der Waals surface area (Å²) in [5.41, 5.74) is 1.33. The van der Waals surface area contributed by atoms with Crippen LogP contribution in [0.1, 0.15) is 31.2 Å². The molecule has 1 aromatic carbocycles. The van der Waals surface area contributed by atoms with Crippen molar-refractivity contribution in [1.29, 1.82) is 0 Å². The number of rotatable bonds is 9. The van der Waals surface area contributed by atoms with Crippen molar-refractivity contribution >= 4 is 5.96 Å². The topological polar surface area (TPSA) is 67.8 Å². The molecule has 6 nitrogen and oxygen atoms in total. The van der Waals surface area contributed by atoms with Gasteiger partial charge in [0.1, 0.15) is 11.6 Å². The zero-order chi connectivity index (χ0) is 20.5. The van der Waals surface area contributed by atoms with Crippen LogP contribution >= 0.6 is 0 Å². The molecule has 0 saturated heterocycles. The maximum atomic E-state index is 13.0. The van der Waals surface area contributed by atoms with Gasteiger partial charge < -0.3 is 20.1 Å². The van der Waals surface area contributed by atoms with Crippen molar-refractivity contribution in [2.75, 3.05) is 27.3 Å². The fraction of sp³-hybridized carbons (Fsp3) is 0.455. The lowest BCUT2D eigenvalue weighted by atomic mass is 9.67. The number of hydrogen-bond acceptors (Lipinski definition) is 4. The number of nitrogens with one attached hydrogen (secondary N) is 2. The minimum Gasteiger partial charge on any atom is -0.439 e. The molecule has 1 saturated carbocycles. The second-order valence-corrected chi connectivity index (χ2v) is 7.43. The van der Waals surface area contributed by atoms with E-state index in [1.165, 1.54) is 31.4 Å². The molecule has 29 heavy (non-hydrogen) atoms. The lowest BCUT2D eigenvalue weighted by molar-refractivity contribution is 0.0732. The van der Waals surface area contributed by atoms with Crippen LogP contribution in [0.2, 0.25) is 0 Å². The summed E-state index contributed by atoms with van der Waals surface area (Å²) in [6.07, 6.45) is 6.51. The van der Waals surface area contributed by atoms with Crippen molar-refractivity contribution in [1.82, 2.24) is 15.6 Å². The fourth-order valence-electron chi connectivity index (χ4n) is 3.43. The van der Waals surface area contributed by atoms with Gasteiger partial charge in [0, 0.05) is 46.1 Å². The zero-order valence-corrected chi connectivity index (χ0v) is 17.1. The third-order valence-corrected chi connectivity index (χ3v) is 5.40. The van der Waals surface area contributed by atoms with Gasteiger partial charge in [-0.05, 0) is 60.6 Å². The number of ether oxygens (including phenoxy) is 2. The normalized spacial score (nSPS) is 15.5. The Balaban J connectivity index is 1.51. The average molecular weight is 400 g/mol. The third-order valence-electron chi connectivity index (χ3n) is 5.40. The highest BCUT2D eigenvalue weighted by Gasteiger charge is 2.36. The van der Waals surface area contributed by atoms with Gasteiger partial charge in [-0.1, -0.05) is 6.42 Å². The van der Waals surface area contributed by atoms with E-state index in [0.717, 1.165) is 31.1 Å². The van der Waals surface area contributed by atoms with E-state index in [1.54, 1.807) is 32.5 Å². The van der Waals surface area contributed by atoms with Crippen LogP contribution in [0.15, 0.2) is 47.6 Å². The summed E-state index contributed by atoms with van der Waals surface area (Å²) in [7, 11) is 3.52. The Morgan fingerprint density at radius 2 is 2.00 bits per heavy atom. The summed E-state index contributed by atoms with van der Waals surface area (Å²) in [6, 6.07) is 9.65. The molecule has 1 aliphatic rings. The van der Waals surface area contributed by atoms with Gasteiger partial charge >= 0.3 is 0 Å². The molecule has 0 amide bonds. The summed E-state index contributed by atoms with van der Waals surface area (Å²) >= 11 is 0. The molecule has 1 heterocycles. The Labute approximate surface area is 171 Å². The number of methoxy groups -OCH3 is 1. The molecular weight excluding hydrogens is 371 g/mol. The van der Waals surface area contributed by atoms with E-state index in [-0.39, 0.29) is 5.82 Å². The van der Waals surface area contributed by atoms with Crippen LogP contribution in [0.4, 0.5) is 4.39 Å². The van der Waals surface area contributed by atoms with Gasteiger partial charge in [0.15, 0.2) is 5.96 Å². The highest BCUT2D eigenvalue weighted by Crippen LogP contribution is 2.43. The minimum atomic E-state index is -0.298. The maximum Gasteiger partial charge on any atom is 0.219 e. The second kappa shape index (κ2) is 10.2. The van der Waals surface area contributed by atoms with E-state index >= 15 is 0 Å². The van der Waals surface area contributed by atoms with Gasteiger partial charge in [-0.2, -0.15) is 0 Å². The molecule has 2 aromatic rings. The van der Waals surface area contributed by atoms with E-state index in [9.17, 15) is 4.39 Å². The Kier molecular flexibility index (Phi) is 7.41.